The fourth-order valence-electron chi connectivity index (χ4n) is 3.05. The summed E-state index contributed by atoms with van der Waals surface area (Å²) in [5.74, 6) is 0.337. The molecule has 3 rings (SSSR count). The molecule has 29 heavy (non-hydrogen) atoms. The van der Waals surface area contributed by atoms with E-state index in [1.165, 1.54) is 0 Å². The quantitative estimate of drug-likeness (QED) is 0.613. The van der Waals surface area contributed by atoms with Crippen LogP contribution in [-0.4, -0.2) is 27.9 Å². The van der Waals surface area contributed by atoms with Crippen LogP contribution in [0.5, 0.6) is 0 Å². The number of carbonyl (C=O) groups excluding carboxylic acids is 1. The zero-order valence-electron chi connectivity index (χ0n) is 16.7. The topological polar surface area (TPSA) is 74.1 Å². The van der Waals surface area contributed by atoms with E-state index in [1.807, 2.05) is 55.5 Å². The van der Waals surface area contributed by atoms with Gasteiger partial charge in [0.25, 0.3) is 0 Å². The standard InChI is InChI=1S/C23H25N3O2S/c1-3-23(27)26(2)21-10-6-19(7-11-21)20-8-12-22(13-9-20)29(24,28)16-14-18-5-4-15-25-17-18/h4-13,15,17,24H,3,14,16H2,1-2H3. The van der Waals surface area contributed by atoms with Crippen molar-refractivity contribution in [2.75, 3.05) is 17.7 Å². The van der Waals surface area contributed by atoms with E-state index in [0.717, 1.165) is 22.4 Å². The fourth-order valence-corrected chi connectivity index (χ4v) is 4.39. The van der Waals surface area contributed by atoms with Crippen molar-refractivity contribution in [3.8, 4) is 11.1 Å². The van der Waals surface area contributed by atoms with Gasteiger partial charge in [0.1, 0.15) is 0 Å². The molecule has 0 aliphatic carbocycles. The predicted molar refractivity (Wildman–Crippen MR) is 118 cm³/mol. The minimum absolute atomic E-state index is 0.0681. The average molecular weight is 408 g/mol. The van der Waals surface area contributed by atoms with Crippen molar-refractivity contribution in [1.29, 1.82) is 4.78 Å². The maximum Gasteiger partial charge on any atom is 0.226 e. The van der Waals surface area contributed by atoms with Crippen LogP contribution in [0.4, 0.5) is 5.69 Å². The molecule has 0 aliphatic heterocycles. The Morgan fingerprint density at radius 1 is 1.03 bits per heavy atom. The van der Waals surface area contributed by atoms with Crippen LogP contribution in [0.3, 0.4) is 0 Å². The molecule has 1 heterocycles. The second-order valence-corrected chi connectivity index (χ2v) is 9.10. The summed E-state index contributed by atoms with van der Waals surface area (Å²) in [6.07, 6.45) is 4.47. The van der Waals surface area contributed by atoms with Crippen LogP contribution in [0.25, 0.3) is 11.1 Å². The molecule has 1 atom stereocenters. The maximum absolute atomic E-state index is 12.8. The molecule has 5 nitrogen and oxygen atoms in total. The molecule has 2 aromatic carbocycles. The highest BCUT2D eigenvalue weighted by atomic mass is 32.2. The fraction of sp³-hybridized carbons (Fsp3) is 0.217. The Hall–Kier alpha value is -2.99. The molecule has 0 spiro atoms. The first kappa shape index (κ1) is 20.7. The van der Waals surface area contributed by atoms with E-state index in [9.17, 15) is 9.00 Å². The zero-order chi connectivity index (χ0) is 20.9. The first-order valence-electron chi connectivity index (χ1n) is 9.53. The third-order valence-corrected chi connectivity index (χ3v) is 6.71. The van der Waals surface area contributed by atoms with Crippen LogP contribution in [0.1, 0.15) is 18.9 Å². The van der Waals surface area contributed by atoms with Gasteiger partial charge in [-0.05, 0) is 53.4 Å². The lowest BCUT2D eigenvalue weighted by atomic mass is 10.1. The molecule has 6 heteroatoms. The zero-order valence-corrected chi connectivity index (χ0v) is 17.5. The summed E-state index contributed by atoms with van der Waals surface area (Å²) < 4.78 is 21.1. The normalized spacial score (nSPS) is 12.9. The molecule has 0 saturated heterocycles. The van der Waals surface area contributed by atoms with Gasteiger partial charge >= 0.3 is 0 Å². The number of amides is 1. The molecular formula is C23H25N3O2S. The second-order valence-electron chi connectivity index (χ2n) is 6.87. The van der Waals surface area contributed by atoms with E-state index in [1.54, 1.807) is 36.5 Å². The van der Waals surface area contributed by atoms with Crippen molar-refractivity contribution in [3.63, 3.8) is 0 Å². The van der Waals surface area contributed by atoms with E-state index >= 15 is 0 Å². The van der Waals surface area contributed by atoms with Gasteiger partial charge < -0.3 is 4.90 Å². The van der Waals surface area contributed by atoms with Crippen LogP contribution < -0.4 is 4.90 Å². The van der Waals surface area contributed by atoms with Gasteiger partial charge in [-0.2, -0.15) is 0 Å². The molecule has 3 aromatic rings. The molecule has 0 saturated carbocycles. The highest BCUT2D eigenvalue weighted by molar-refractivity contribution is 7.92. The number of nitrogens with one attached hydrogen (secondary N) is 1. The van der Waals surface area contributed by atoms with E-state index < -0.39 is 9.73 Å². The van der Waals surface area contributed by atoms with Crippen molar-refractivity contribution in [2.45, 2.75) is 24.7 Å². The molecule has 150 valence electrons. The Bertz CT molecular complexity index is 1060. The molecule has 1 unspecified atom stereocenters. The Morgan fingerprint density at radius 2 is 1.66 bits per heavy atom. The second kappa shape index (κ2) is 9.01. The first-order valence-corrected chi connectivity index (χ1v) is 11.3. The predicted octanol–water partition coefficient (Wildman–Crippen LogP) is 4.77. The monoisotopic (exact) mass is 407 g/mol. The van der Waals surface area contributed by atoms with Crippen LogP contribution >= 0.6 is 0 Å². The SMILES string of the molecule is CCC(=O)N(C)c1ccc(-c2ccc(S(=N)(=O)CCc3cccnc3)cc2)cc1. The lowest BCUT2D eigenvalue weighted by molar-refractivity contribution is -0.118. The van der Waals surface area contributed by atoms with E-state index in [-0.39, 0.29) is 11.7 Å². The van der Waals surface area contributed by atoms with Gasteiger partial charge in [-0.3, -0.25) is 9.78 Å². The Balaban J connectivity index is 1.71. The lowest BCUT2D eigenvalue weighted by Gasteiger charge is -2.17. The Morgan fingerprint density at radius 3 is 2.21 bits per heavy atom. The summed E-state index contributed by atoms with van der Waals surface area (Å²) in [5, 5.41) is 0. The third kappa shape index (κ3) is 5.09. The van der Waals surface area contributed by atoms with Gasteiger partial charge in [0.15, 0.2) is 0 Å². The number of pyridine rings is 1. The first-order chi connectivity index (χ1) is 13.9. The molecule has 1 N–H and O–H groups in total. The number of hydrogen-bond acceptors (Lipinski definition) is 4. The van der Waals surface area contributed by atoms with E-state index in [2.05, 4.69) is 4.98 Å². The molecule has 1 amide bonds. The summed E-state index contributed by atoms with van der Waals surface area (Å²) in [6, 6.07) is 18.9. The van der Waals surface area contributed by atoms with Crippen molar-refractivity contribution >= 4 is 21.3 Å². The molecule has 0 bridgehead atoms. The number of anilines is 1. The number of hydrogen-bond donors (Lipinski definition) is 1. The number of aromatic nitrogens is 1. The molecule has 0 radical (unpaired) electrons. The van der Waals surface area contributed by atoms with Gasteiger partial charge in [-0.15, -0.1) is 0 Å². The third-order valence-electron chi connectivity index (χ3n) is 4.90. The summed E-state index contributed by atoms with van der Waals surface area (Å²) in [5.41, 5.74) is 3.81. The van der Waals surface area contributed by atoms with Crippen LogP contribution in [0, 0.1) is 4.78 Å². The van der Waals surface area contributed by atoms with Crippen LogP contribution in [0.2, 0.25) is 0 Å². The van der Waals surface area contributed by atoms with Crippen molar-refractivity contribution in [1.82, 2.24) is 4.98 Å². The number of benzene rings is 2. The van der Waals surface area contributed by atoms with E-state index in [0.29, 0.717) is 17.7 Å². The Kier molecular flexibility index (Phi) is 6.44. The summed E-state index contributed by atoms with van der Waals surface area (Å²) in [4.78, 5) is 18.1. The maximum atomic E-state index is 12.8. The Labute approximate surface area is 172 Å². The largest absolute Gasteiger partial charge is 0.316 e. The van der Waals surface area contributed by atoms with Gasteiger partial charge in [-0.25, -0.2) is 8.99 Å². The van der Waals surface area contributed by atoms with Gasteiger partial charge in [0.05, 0.1) is 9.73 Å². The molecule has 0 aliphatic rings. The van der Waals surface area contributed by atoms with Crippen LogP contribution in [-0.2, 0) is 20.9 Å². The smallest absolute Gasteiger partial charge is 0.226 e. The highest BCUT2D eigenvalue weighted by Crippen LogP contribution is 2.25. The number of aryl methyl sites for hydroxylation is 1. The summed E-state index contributed by atoms with van der Waals surface area (Å²) >= 11 is 0. The minimum Gasteiger partial charge on any atom is -0.316 e. The number of carbonyl (C=O) groups is 1. The average Bonchev–Trinajstić information content (AvgIpc) is 2.77. The summed E-state index contributed by atoms with van der Waals surface area (Å²) in [6.45, 7) is 1.84. The summed E-state index contributed by atoms with van der Waals surface area (Å²) in [7, 11) is -1.09. The van der Waals surface area contributed by atoms with Crippen molar-refractivity contribution in [3.05, 3.63) is 78.6 Å². The van der Waals surface area contributed by atoms with Gasteiger partial charge in [0.2, 0.25) is 5.91 Å². The highest BCUT2D eigenvalue weighted by Gasteiger charge is 2.12. The minimum atomic E-state index is -2.86. The number of rotatable bonds is 7. The van der Waals surface area contributed by atoms with E-state index in [4.69, 9.17) is 4.78 Å². The molecular weight excluding hydrogens is 382 g/mol. The van der Waals surface area contributed by atoms with Crippen molar-refractivity contribution in [2.24, 2.45) is 0 Å². The van der Waals surface area contributed by atoms with Gasteiger partial charge in [-0.1, -0.05) is 37.3 Å². The molecule has 1 aromatic heterocycles. The number of nitrogens with zero attached hydrogens (tertiary/aromatic N) is 2. The van der Waals surface area contributed by atoms with Gasteiger partial charge in [0, 0.05) is 42.2 Å². The van der Waals surface area contributed by atoms with Crippen molar-refractivity contribution < 1.29 is 9.00 Å². The van der Waals surface area contributed by atoms with Crippen LogP contribution in [0.15, 0.2) is 78.0 Å². The lowest BCUT2D eigenvalue weighted by Crippen LogP contribution is -2.24. The molecule has 0 fully saturated rings.